The van der Waals surface area contributed by atoms with Crippen LogP contribution in [-0.2, 0) is 11.3 Å². The lowest BCUT2D eigenvalue weighted by Crippen LogP contribution is -2.12. The van der Waals surface area contributed by atoms with Gasteiger partial charge in [0.2, 0.25) is 0 Å². The second-order valence-electron chi connectivity index (χ2n) is 3.43. The van der Waals surface area contributed by atoms with E-state index in [0.717, 1.165) is 16.7 Å². The Morgan fingerprint density at radius 3 is 2.35 bits per heavy atom. The maximum Gasteiger partial charge on any atom is 0.404 e. The standard InChI is InChI=1S/C12H11N3O2/c13-12(16)17-7-9-1-3-10(4-2-9)11-5-14-8-15-6-11/h1-6,8H,7H2,(H2,13,16). The lowest BCUT2D eigenvalue weighted by molar-refractivity contribution is 0.150. The first kappa shape index (κ1) is 11.1. The van der Waals surface area contributed by atoms with Crippen molar-refractivity contribution in [3.8, 4) is 11.1 Å². The molecule has 1 aromatic carbocycles. The van der Waals surface area contributed by atoms with Gasteiger partial charge in [-0.1, -0.05) is 24.3 Å². The van der Waals surface area contributed by atoms with E-state index < -0.39 is 6.09 Å². The van der Waals surface area contributed by atoms with Crippen LogP contribution in [0.25, 0.3) is 11.1 Å². The van der Waals surface area contributed by atoms with Crippen LogP contribution >= 0.6 is 0 Å². The molecule has 2 rings (SSSR count). The molecule has 0 radical (unpaired) electrons. The van der Waals surface area contributed by atoms with Crippen molar-refractivity contribution in [3.63, 3.8) is 0 Å². The van der Waals surface area contributed by atoms with E-state index in [-0.39, 0.29) is 6.61 Å². The zero-order valence-electron chi connectivity index (χ0n) is 9.04. The summed E-state index contributed by atoms with van der Waals surface area (Å²) in [5, 5.41) is 0. The van der Waals surface area contributed by atoms with Crippen LogP contribution in [0.5, 0.6) is 0 Å². The molecule has 86 valence electrons. The number of hydrogen-bond acceptors (Lipinski definition) is 4. The Morgan fingerprint density at radius 2 is 1.76 bits per heavy atom. The Hall–Kier alpha value is -2.43. The Morgan fingerprint density at radius 1 is 1.12 bits per heavy atom. The zero-order chi connectivity index (χ0) is 12.1. The van der Waals surface area contributed by atoms with Crippen LogP contribution in [0.3, 0.4) is 0 Å². The molecule has 0 fully saturated rings. The van der Waals surface area contributed by atoms with Crippen LogP contribution in [0.2, 0.25) is 0 Å². The van der Waals surface area contributed by atoms with Gasteiger partial charge in [-0.2, -0.15) is 0 Å². The first-order valence-electron chi connectivity index (χ1n) is 5.02. The maximum atomic E-state index is 10.4. The first-order valence-corrected chi connectivity index (χ1v) is 5.02. The number of rotatable bonds is 3. The number of carbonyl (C=O) groups excluding carboxylic acids is 1. The number of benzene rings is 1. The minimum absolute atomic E-state index is 0.181. The molecule has 2 N–H and O–H groups in total. The number of aromatic nitrogens is 2. The number of carbonyl (C=O) groups is 1. The molecule has 1 heterocycles. The van der Waals surface area contributed by atoms with Crippen molar-refractivity contribution < 1.29 is 9.53 Å². The van der Waals surface area contributed by atoms with Crippen molar-refractivity contribution in [1.82, 2.24) is 9.97 Å². The van der Waals surface area contributed by atoms with E-state index in [1.165, 1.54) is 6.33 Å². The largest absolute Gasteiger partial charge is 0.445 e. The smallest absolute Gasteiger partial charge is 0.404 e. The van der Waals surface area contributed by atoms with Gasteiger partial charge in [-0.15, -0.1) is 0 Å². The fourth-order valence-electron chi connectivity index (χ4n) is 1.40. The molecule has 0 saturated heterocycles. The topological polar surface area (TPSA) is 78.1 Å². The Balaban J connectivity index is 2.11. The van der Waals surface area contributed by atoms with Gasteiger partial charge in [0.05, 0.1) is 0 Å². The predicted molar refractivity (Wildman–Crippen MR) is 61.8 cm³/mol. The van der Waals surface area contributed by atoms with E-state index in [9.17, 15) is 4.79 Å². The fraction of sp³-hybridized carbons (Fsp3) is 0.0833. The van der Waals surface area contributed by atoms with Crippen molar-refractivity contribution in [2.24, 2.45) is 5.73 Å². The SMILES string of the molecule is NC(=O)OCc1ccc(-c2cncnc2)cc1. The third-order valence-electron chi connectivity index (χ3n) is 2.23. The minimum Gasteiger partial charge on any atom is -0.445 e. The van der Waals surface area contributed by atoms with Crippen molar-refractivity contribution in [2.75, 3.05) is 0 Å². The first-order chi connectivity index (χ1) is 8.25. The highest BCUT2D eigenvalue weighted by atomic mass is 16.5. The van der Waals surface area contributed by atoms with Gasteiger partial charge in [-0.25, -0.2) is 14.8 Å². The van der Waals surface area contributed by atoms with Gasteiger partial charge < -0.3 is 10.5 Å². The number of primary amides is 1. The number of nitrogens with two attached hydrogens (primary N) is 1. The lowest BCUT2D eigenvalue weighted by Gasteiger charge is -2.03. The Kier molecular flexibility index (Phi) is 3.30. The van der Waals surface area contributed by atoms with Gasteiger partial charge in [-0.05, 0) is 11.1 Å². The molecule has 0 aliphatic rings. The summed E-state index contributed by atoms with van der Waals surface area (Å²) >= 11 is 0. The van der Waals surface area contributed by atoms with Crippen molar-refractivity contribution >= 4 is 6.09 Å². The average Bonchev–Trinajstić information content (AvgIpc) is 2.38. The van der Waals surface area contributed by atoms with Crippen LogP contribution < -0.4 is 5.73 Å². The zero-order valence-corrected chi connectivity index (χ0v) is 9.04. The molecule has 0 unspecified atom stereocenters. The lowest BCUT2D eigenvalue weighted by atomic mass is 10.1. The fourth-order valence-corrected chi connectivity index (χ4v) is 1.40. The molecule has 5 heteroatoms. The Bertz CT molecular complexity index is 497. The van der Waals surface area contributed by atoms with Crippen LogP contribution in [0, 0.1) is 0 Å². The quantitative estimate of drug-likeness (QED) is 0.869. The van der Waals surface area contributed by atoms with Crippen molar-refractivity contribution in [3.05, 3.63) is 48.5 Å². The van der Waals surface area contributed by atoms with Gasteiger partial charge in [0.15, 0.2) is 0 Å². The summed E-state index contributed by atoms with van der Waals surface area (Å²) in [7, 11) is 0. The molecule has 0 bridgehead atoms. The van der Waals surface area contributed by atoms with Gasteiger partial charge in [-0.3, -0.25) is 0 Å². The number of amides is 1. The molecule has 0 saturated carbocycles. The second-order valence-corrected chi connectivity index (χ2v) is 3.43. The number of ether oxygens (including phenoxy) is 1. The van der Waals surface area contributed by atoms with E-state index >= 15 is 0 Å². The van der Waals surface area contributed by atoms with E-state index in [2.05, 4.69) is 14.7 Å². The monoisotopic (exact) mass is 229 g/mol. The van der Waals surface area contributed by atoms with Crippen LogP contribution in [0.1, 0.15) is 5.56 Å². The molecule has 1 amide bonds. The summed E-state index contributed by atoms with van der Waals surface area (Å²) in [5.41, 5.74) is 7.71. The molecule has 0 aliphatic carbocycles. The molecule has 2 aromatic rings. The van der Waals surface area contributed by atoms with Crippen LogP contribution in [0.15, 0.2) is 43.0 Å². The average molecular weight is 229 g/mol. The molecule has 17 heavy (non-hydrogen) atoms. The third kappa shape index (κ3) is 3.01. The highest BCUT2D eigenvalue weighted by molar-refractivity contribution is 5.65. The summed E-state index contributed by atoms with van der Waals surface area (Å²) in [6.45, 7) is 0.181. The highest BCUT2D eigenvalue weighted by Gasteiger charge is 2.00. The predicted octanol–water partition coefficient (Wildman–Crippen LogP) is 1.74. The minimum atomic E-state index is -0.773. The summed E-state index contributed by atoms with van der Waals surface area (Å²) in [4.78, 5) is 18.3. The van der Waals surface area contributed by atoms with Crippen molar-refractivity contribution in [2.45, 2.75) is 6.61 Å². The number of hydrogen-bond donors (Lipinski definition) is 1. The van der Waals surface area contributed by atoms with Crippen molar-refractivity contribution in [1.29, 1.82) is 0 Å². The molecule has 1 aromatic heterocycles. The summed E-state index contributed by atoms with van der Waals surface area (Å²) in [6, 6.07) is 7.56. The molecule has 5 nitrogen and oxygen atoms in total. The van der Waals surface area contributed by atoms with E-state index in [1.54, 1.807) is 12.4 Å². The van der Waals surface area contributed by atoms with Gasteiger partial charge >= 0.3 is 6.09 Å². The van der Waals surface area contributed by atoms with Gasteiger partial charge in [0.25, 0.3) is 0 Å². The molecular formula is C12H11N3O2. The molecule has 0 aliphatic heterocycles. The Labute approximate surface area is 98.3 Å². The summed E-state index contributed by atoms with van der Waals surface area (Å²) in [6.07, 6.45) is 4.19. The third-order valence-corrected chi connectivity index (χ3v) is 2.23. The molecule has 0 spiro atoms. The van der Waals surface area contributed by atoms with Gasteiger partial charge in [0, 0.05) is 18.0 Å². The number of nitrogens with zero attached hydrogens (tertiary/aromatic N) is 2. The summed E-state index contributed by atoms with van der Waals surface area (Å²) < 4.78 is 4.69. The maximum absolute atomic E-state index is 10.4. The van der Waals surface area contributed by atoms with Crippen LogP contribution in [0.4, 0.5) is 4.79 Å². The highest BCUT2D eigenvalue weighted by Crippen LogP contribution is 2.17. The normalized spacial score (nSPS) is 9.88. The van der Waals surface area contributed by atoms with Crippen LogP contribution in [-0.4, -0.2) is 16.1 Å². The second kappa shape index (κ2) is 5.07. The van der Waals surface area contributed by atoms with Gasteiger partial charge in [0.1, 0.15) is 12.9 Å². The van der Waals surface area contributed by atoms with E-state index in [4.69, 9.17) is 5.73 Å². The molecular weight excluding hydrogens is 218 g/mol. The molecule has 0 atom stereocenters. The van der Waals surface area contributed by atoms with E-state index in [0.29, 0.717) is 0 Å². The summed E-state index contributed by atoms with van der Waals surface area (Å²) in [5.74, 6) is 0. The van der Waals surface area contributed by atoms with E-state index in [1.807, 2.05) is 24.3 Å².